The number of likely N-dealkylation sites (tertiary alicyclic amines) is 1. The number of rotatable bonds is 7. The maximum atomic E-state index is 13.0. The Labute approximate surface area is 201 Å². The quantitative estimate of drug-likeness (QED) is 0.539. The van der Waals surface area contributed by atoms with Gasteiger partial charge in [0.1, 0.15) is 5.75 Å². The van der Waals surface area contributed by atoms with Crippen LogP contribution in [0.15, 0.2) is 54.6 Å². The molecule has 3 aromatic rings. The SMILES string of the molecule is COc1ccc(NC(=O)c2nnc(C(=O)N3CCC[C@@H](C(=O)NCc4ccccc4)C3)s2)cc1. The van der Waals surface area contributed by atoms with Crippen molar-refractivity contribution in [2.45, 2.75) is 19.4 Å². The maximum Gasteiger partial charge on any atom is 0.286 e. The number of anilines is 1. The Balaban J connectivity index is 1.33. The summed E-state index contributed by atoms with van der Waals surface area (Å²) in [5.41, 5.74) is 1.60. The van der Waals surface area contributed by atoms with Gasteiger partial charge in [0.05, 0.1) is 13.0 Å². The lowest BCUT2D eigenvalue weighted by Gasteiger charge is -2.31. The maximum absolute atomic E-state index is 13.0. The van der Waals surface area contributed by atoms with Crippen molar-refractivity contribution in [2.24, 2.45) is 5.92 Å². The molecule has 1 fully saturated rings. The van der Waals surface area contributed by atoms with Gasteiger partial charge in [0, 0.05) is 25.3 Å². The van der Waals surface area contributed by atoms with E-state index in [0.29, 0.717) is 31.1 Å². The first-order chi connectivity index (χ1) is 16.5. The van der Waals surface area contributed by atoms with E-state index in [1.807, 2.05) is 30.3 Å². The molecule has 0 bridgehead atoms. The fraction of sp³-hybridized carbons (Fsp3) is 0.292. The zero-order valence-electron chi connectivity index (χ0n) is 18.7. The topological polar surface area (TPSA) is 114 Å². The molecule has 0 spiro atoms. The minimum atomic E-state index is -0.446. The Kier molecular flexibility index (Phi) is 7.48. The van der Waals surface area contributed by atoms with Crippen molar-refractivity contribution in [1.82, 2.24) is 20.4 Å². The minimum Gasteiger partial charge on any atom is -0.497 e. The number of piperidine rings is 1. The van der Waals surface area contributed by atoms with Crippen LogP contribution in [0.1, 0.15) is 38.0 Å². The van der Waals surface area contributed by atoms with E-state index >= 15 is 0 Å². The highest BCUT2D eigenvalue weighted by atomic mass is 32.1. The minimum absolute atomic E-state index is 0.0711. The van der Waals surface area contributed by atoms with Crippen LogP contribution in [0.25, 0.3) is 0 Å². The highest BCUT2D eigenvalue weighted by molar-refractivity contribution is 7.15. The Hall–Kier alpha value is -3.79. The number of nitrogens with zero attached hydrogens (tertiary/aromatic N) is 3. The van der Waals surface area contributed by atoms with Crippen LogP contribution in [-0.4, -0.2) is 53.0 Å². The molecule has 0 saturated carbocycles. The van der Waals surface area contributed by atoms with Gasteiger partial charge in [-0.15, -0.1) is 10.2 Å². The number of nitrogens with one attached hydrogen (secondary N) is 2. The molecule has 2 aromatic carbocycles. The zero-order valence-corrected chi connectivity index (χ0v) is 19.5. The fourth-order valence-corrected chi connectivity index (χ4v) is 4.41. The summed E-state index contributed by atoms with van der Waals surface area (Å²) in [4.78, 5) is 39.7. The number of carbonyl (C=O) groups excluding carboxylic acids is 3. The molecule has 0 unspecified atom stereocenters. The van der Waals surface area contributed by atoms with Gasteiger partial charge in [-0.2, -0.15) is 0 Å². The second-order valence-electron chi connectivity index (χ2n) is 7.89. The molecular weight excluding hydrogens is 454 g/mol. The molecule has 1 saturated heterocycles. The van der Waals surface area contributed by atoms with Crippen LogP contribution in [-0.2, 0) is 11.3 Å². The van der Waals surface area contributed by atoms with Crippen LogP contribution in [0.4, 0.5) is 5.69 Å². The van der Waals surface area contributed by atoms with Gasteiger partial charge >= 0.3 is 0 Å². The highest BCUT2D eigenvalue weighted by Crippen LogP contribution is 2.22. The third-order valence-corrected chi connectivity index (χ3v) is 6.45. The van der Waals surface area contributed by atoms with Crippen LogP contribution in [0.5, 0.6) is 5.75 Å². The molecular formula is C24H25N5O4S. The molecule has 0 radical (unpaired) electrons. The smallest absolute Gasteiger partial charge is 0.286 e. The van der Waals surface area contributed by atoms with Gasteiger partial charge in [-0.3, -0.25) is 14.4 Å². The van der Waals surface area contributed by atoms with Gasteiger partial charge in [-0.05, 0) is 42.7 Å². The molecule has 176 valence electrons. The van der Waals surface area contributed by atoms with Crippen molar-refractivity contribution in [1.29, 1.82) is 0 Å². The Morgan fingerprint density at radius 2 is 1.79 bits per heavy atom. The number of hydrogen-bond donors (Lipinski definition) is 2. The van der Waals surface area contributed by atoms with Crippen LogP contribution < -0.4 is 15.4 Å². The normalized spacial score (nSPS) is 15.4. The van der Waals surface area contributed by atoms with Gasteiger partial charge in [0.15, 0.2) is 0 Å². The Bertz CT molecular complexity index is 1150. The van der Waals surface area contributed by atoms with Crippen LogP contribution in [0, 0.1) is 5.92 Å². The van der Waals surface area contributed by atoms with Crippen LogP contribution >= 0.6 is 11.3 Å². The van der Waals surface area contributed by atoms with Crippen molar-refractivity contribution >= 4 is 34.7 Å². The van der Waals surface area contributed by atoms with Crippen molar-refractivity contribution in [3.05, 3.63) is 70.2 Å². The fourth-order valence-electron chi connectivity index (χ4n) is 3.70. The number of benzene rings is 2. The number of aromatic nitrogens is 2. The van der Waals surface area contributed by atoms with Crippen molar-refractivity contribution in [3.63, 3.8) is 0 Å². The summed E-state index contributed by atoms with van der Waals surface area (Å²) >= 11 is 0.936. The van der Waals surface area contributed by atoms with E-state index in [1.54, 1.807) is 36.3 Å². The van der Waals surface area contributed by atoms with Crippen molar-refractivity contribution < 1.29 is 19.1 Å². The predicted octanol–water partition coefficient (Wildman–Crippen LogP) is 2.97. The third-order valence-electron chi connectivity index (χ3n) is 5.54. The van der Waals surface area contributed by atoms with Crippen LogP contribution in [0.2, 0.25) is 0 Å². The molecule has 9 nitrogen and oxygen atoms in total. The first kappa shape index (κ1) is 23.4. The summed E-state index contributed by atoms with van der Waals surface area (Å²) in [5, 5.41) is 13.7. The lowest BCUT2D eigenvalue weighted by Crippen LogP contribution is -2.45. The van der Waals surface area contributed by atoms with E-state index in [2.05, 4.69) is 20.8 Å². The number of carbonyl (C=O) groups is 3. The van der Waals surface area contributed by atoms with Crippen LogP contribution in [0.3, 0.4) is 0 Å². The summed E-state index contributed by atoms with van der Waals surface area (Å²) in [7, 11) is 1.56. The Morgan fingerprint density at radius 1 is 1.06 bits per heavy atom. The molecule has 2 heterocycles. The van der Waals surface area contributed by atoms with E-state index in [4.69, 9.17) is 4.74 Å². The number of hydrogen-bond acceptors (Lipinski definition) is 7. The van der Waals surface area contributed by atoms with Crippen molar-refractivity contribution in [2.75, 3.05) is 25.5 Å². The first-order valence-corrected chi connectivity index (χ1v) is 11.7. The number of ether oxygens (including phenoxy) is 1. The van der Waals surface area contributed by atoms with E-state index in [0.717, 1.165) is 29.7 Å². The summed E-state index contributed by atoms with van der Waals surface area (Å²) in [5.74, 6) is -0.444. The summed E-state index contributed by atoms with van der Waals surface area (Å²) in [6, 6.07) is 16.6. The van der Waals surface area contributed by atoms with Crippen molar-refractivity contribution in [3.8, 4) is 5.75 Å². The second-order valence-corrected chi connectivity index (χ2v) is 8.87. The highest BCUT2D eigenvalue weighted by Gasteiger charge is 2.30. The molecule has 2 N–H and O–H groups in total. The third kappa shape index (κ3) is 5.76. The van der Waals surface area contributed by atoms with E-state index in [1.165, 1.54) is 0 Å². The second kappa shape index (κ2) is 10.9. The van der Waals surface area contributed by atoms with Gasteiger partial charge in [-0.1, -0.05) is 41.7 Å². The van der Waals surface area contributed by atoms with Gasteiger partial charge in [0.2, 0.25) is 15.9 Å². The molecule has 4 rings (SSSR count). The summed E-state index contributed by atoms with van der Waals surface area (Å²) in [6.07, 6.45) is 1.44. The lowest BCUT2D eigenvalue weighted by atomic mass is 9.97. The van der Waals surface area contributed by atoms with Gasteiger partial charge in [0.25, 0.3) is 11.8 Å². The standard InChI is InChI=1S/C24H25N5O4S/c1-33-19-11-9-18(10-12-19)26-21(31)22-27-28-23(34-22)24(32)29-13-5-8-17(15-29)20(30)25-14-16-6-3-2-4-7-16/h2-4,6-7,9-12,17H,5,8,13-15H2,1H3,(H,25,30)(H,26,31)/t17-/m1/s1. The van der Waals surface area contributed by atoms with Gasteiger partial charge < -0.3 is 20.3 Å². The summed E-state index contributed by atoms with van der Waals surface area (Å²) in [6.45, 7) is 1.30. The van der Waals surface area contributed by atoms with Gasteiger partial charge in [-0.25, -0.2) is 0 Å². The largest absolute Gasteiger partial charge is 0.497 e. The first-order valence-electron chi connectivity index (χ1n) is 10.9. The average molecular weight is 480 g/mol. The molecule has 1 atom stereocenters. The number of methoxy groups -OCH3 is 1. The molecule has 1 aliphatic heterocycles. The monoisotopic (exact) mass is 479 g/mol. The Morgan fingerprint density at radius 3 is 2.53 bits per heavy atom. The molecule has 1 aromatic heterocycles. The average Bonchev–Trinajstić information content (AvgIpc) is 3.38. The molecule has 3 amide bonds. The van der Waals surface area contributed by atoms with E-state index in [-0.39, 0.29) is 27.7 Å². The molecule has 34 heavy (non-hydrogen) atoms. The van der Waals surface area contributed by atoms with E-state index in [9.17, 15) is 14.4 Å². The zero-order chi connectivity index (χ0) is 23.9. The number of amides is 3. The molecule has 0 aliphatic carbocycles. The van der Waals surface area contributed by atoms with E-state index < -0.39 is 5.91 Å². The lowest BCUT2D eigenvalue weighted by molar-refractivity contribution is -0.126. The molecule has 10 heteroatoms. The predicted molar refractivity (Wildman–Crippen MR) is 128 cm³/mol. The molecule has 1 aliphatic rings. The summed E-state index contributed by atoms with van der Waals surface area (Å²) < 4.78 is 5.10.